The van der Waals surface area contributed by atoms with Gasteiger partial charge in [-0.2, -0.15) is 0 Å². The molecule has 0 amide bonds. The molecule has 0 radical (unpaired) electrons. The predicted octanol–water partition coefficient (Wildman–Crippen LogP) is 2.86. The molecule has 5 heteroatoms. The van der Waals surface area contributed by atoms with Gasteiger partial charge in [-0.05, 0) is 18.8 Å². The van der Waals surface area contributed by atoms with Crippen LogP contribution in [0.4, 0.5) is 0 Å². The first-order valence-corrected chi connectivity index (χ1v) is 7.52. The number of thiazole rings is 1. The number of aromatic nitrogens is 2. The van der Waals surface area contributed by atoms with Gasteiger partial charge >= 0.3 is 0 Å². The number of hydrogen-bond acceptors (Lipinski definition) is 4. The van der Waals surface area contributed by atoms with E-state index in [1.807, 2.05) is 0 Å². The smallest absolute Gasteiger partial charge is 0.194 e. The SMILES string of the molecule is COCCC(C)(C)CNCc1c(C)nc2sccn12. The number of methoxy groups -OCH3 is 1. The monoisotopic (exact) mass is 281 g/mol. The average Bonchev–Trinajstić information content (AvgIpc) is 2.89. The van der Waals surface area contributed by atoms with Crippen LogP contribution in [-0.2, 0) is 11.3 Å². The molecule has 0 saturated carbocycles. The normalized spacial score (nSPS) is 12.4. The number of nitrogens with zero attached hydrogens (tertiary/aromatic N) is 2. The average molecular weight is 281 g/mol. The van der Waals surface area contributed by atoms with Gasteiger partial charge in [0.25, 0.3) is 0 Å². The zero-order chi connectivity index (χ0) is 13.9. The van der Waals surface area contributed by atoms with Gasteiger partial charge in [-0.1, -0.05) is 13.8 Å². The van der Waals surface area contributed by atoms with Crippen LogP contribution < -0.4 is 5.32 Å². The number of ether oxygens (including phenoxy) is 1. The first kappa shape index (κ1) is 14.5. The second-order valence-electron chi connectivity index (χ2n) is 5.71. The Morgan fingerprint density at radius 3 is 3.00 bits per heavy atom. The third-order valence-corrected chi connectivity index (χ3v) is 4.20. The molecule has 0 aromatic carbocycles. The van der Waals surface area contributed by atoms with E-state index in [1.165, 1.54) is 5.69 Å². The predicted molar refractivity (Wildman–Crippen MR) is 79.8 cm³/mol. The summed E-state index contributed by atoms with van der Waals surface area (Å²) in [7, 11) is 1.76. The topological polar surface area (TPSA) is 38.6 Å². The molecule has 0 saturated heterocycles. The van der Waals surface area contributed by atoms with Gasteiger partial charge in [-0.3, -0.25) is 4.40 Å². The van der Waals surface area contributed by atoms with Crippen LogP contribution in [0.3, 0.4) is 0 Å². The summed E-state index contributed by atoms with van der Waals surface area (Å²) in [6.45, 7) is 9.26. The third-order valence-electron chi connectivity index (χ3n) is 3.44. The summed E-state index contributed by atoms with van der Waals surface area (Å²) in [4.78, 5) is 5.64. The summed E-state index contributed by atoms with van der Waals surface area (Å²) in [5.74, 6) is 0. The molecule has 0 atom stereocenters. The van der Waals surface area contributed by atoms with Crippen molar-refractivity contribution in [3.05, 3.63) is 23.0 Å². The lowest BCUT2D eigenvalue weighted by molar-refractivity contribution is 0.150. The number of nitrogens with one attached hydrogen (secondary N) is 1. The largest absolute Gasteiger partial charge is 0.385 e. The standard InChI is InChI=1S/C14H23N3OS/c1-11-12(17-6-8-19-13(17)16-11)9-15-10-14(2,3)5-7-18-4/h6,8,15H,5,7,9-10H2,1-4H3. The molecule has 1 N–H and O–H groups in total. The Bertz CT molecular complexity index is 530. The lowest BCUT2D eigenvalue weighted by Crippen LogP contribution is -2.30. The minimum Gasteiger partial charge on any atom is -0.385 e. The minimum absolute atomic E-state index is 0.252. The van der Waals surface area contributed by atoms with E-state index in [2.05, 4.69) is 47.0 Å². The lowest BCUT2D eigenvalue weighted by Gasteiger charge is -2.24. The van der Waals surface area contributed by atoms with Crippen molar-refractivity contribution in [1.29, 1.82) is 0 Å². The van der Waals surface area contributed by atoms with Crippen LogP contribution in [0.15, 0.2) is 11.6 Å². The first-order chi connectivity index (χ1) is 9.03. The quantitative estimate of drug-likeness (QED) is 0.848. The van der Waals surface area contributed by atoms with E-state index in [0.29, 0.717) is 0 Å². The first-order valence-electron chi connectivity index (χ1n) is 6.64. The maximum Gasteiger partial charge on any atom is 0.194 e. The Labute approximate surface area is 118 Å². The highest BCUT2D eigenvalue weighted by atomic mass is 32.1. The number of hydrogen-bond donors (Lipinski definition) is 1. The lowest BCUT2D eigenvalue weighted by atomic mass is 9.90. The molecule has 19 heavy (non-hydrogen) atoms. The highest BCUT2D eigenvalue weighted by Gasteiger charge is 2.17. The second kappa shape index (κ2) is 6.03. The van der Waals surface area contributed by atoms with Crippen molar-refractivity contribution in [3.8, 4) is 0 Å². The molecule has 2 rings (SSSR count). The Kier molecular flexibility index (Phi) is 4.60. The van der Waals surface area contributed by atoms with Crippen molar-refractivity contribution in [3.63, 3.8) is 0 Å². The summed E-state index contributed by atoms with van der Waals surface area (Å²) in [6.07, 6.45) is 3.16. The van der Waals surface area contributed by atoms with Gasteiger partial charge in [-0.25, -0.2) is 4.98 Å². The highest BCUT2D eigenvalue weighted by molar-refractivity contribution is 7.15. The Morgan fingerprint density at radius 2 is 2.26 bits per heavy atom. The van der Waals surface area contributed by atoms with E-state index in [-0.39, 0.29) is 5.41 Å². The van der Waals surface area contributed by atoms with E-state index in [1.54, 1.807) is 18.4 Å². The minimum atomic E-state index is 0.252. The van der Waals surface area contributed by atoms with Crippen molar-refractivity contribution < 1.29 is 4.74 Å². The van der Waals surface area contributed by atoms with Crippen LogP contribution in [0.1, 0.15) is 31.7 Å². The molecule has 0 aliphatic rings. The molecule has 0 aliphatic heterocycles. The van der Waals surface area contributed by atoms with Crippen molar-refractivity contribution in [2.75, 3.05) is 20.3 Å². The number of aryl methyl sites for hydroxylation is 1. The number of fused-ring (bicyclic) bond motifs is 1. The molecule has 106 valence electrons. The summed E-state index contributed by atoms with van der Waals surface area (Å²) < 4.78 is 7.33. The summed E-state index contributed by atoms with van der Waals surface area (Å²) >= 11 is 1.68. The fourth-order valence-electron chi connectivity index (χ4n) is 2.14. The van der Waals surface area contributed by atoms with E-state index < -0.39 is 0 Å². The molecule has 2 aromatic heterocycles. The van der Waals surface area contributed by atoms with Gasteiger partial charge in [0.2, 0.25) is 0 Å². The maximum absolute atomic E-state index is 5.16. The Morgan fingerprint density at radius 1 is 1.47 bits per heavy atom. The van der Waals surface area contributed by atoms with Crippen LogP contribution in [-0.4, -0.2) is 29.6 Å². The van der Waals surface area contributed by atoms with Crippen molar-refractivity contribution in [2.45, 2.75) is 33.7 Å². The van der Waals surface area contributed by atoms with E-state index >= 15 is 0 Å². The van der Waals surface area contributed by atoms with Crippen LogP contribution in [0.25, 0.3) is 4.96 Å². The summed E-state index contributed by atoms with van der Waals surface area (Å²) in [5.41, 5.74) is 2.63. The maximum atomic E-state index is 5.16. The van der Waals surface area contributed by atoms with E-state index in [4.69, 9.17) is 4.74 Å². The zero-order valence-electron chi connectivity index (χ0n) is 12.2. The van der Waals surface area contributed by atoms with E-state index in [0.717, 1.165) is 36.8 Å². The zero-order valence-corrected chi connectivity index (χ0v) is 13.0. The third kappa shape index (κ3) is 3.55. The van der Waals surface area contributed by atoms with Crippen molar-refractivity contribution in [1.82, 2.24) is 14.7 Å². The highest BCUT2D eigenvalue weighted by Crippen LogP contribution is 2.20. The molecule has 0 unspecified atom stereocenters. The van der Waals surface area contributed by atoms with Gasteiger partial charge in [0, 0.05) is 38.4 Å². The molecule has 0 aliphatic carbocycles. The fraction of sp³-hybridized carbons (Fsp3) is 0.643. The summed E-state index contributed by atoms with van der Waals surface area (Å²) in [6, 6.07) is 0. The van der Waals surface area contributed by atoms with Gasteiger partial charge in [-0.15, -0.1) is 11.3 Å². The van der Waals surface area contributed by atoms with Gasteiger partial charge in [0.1, 0.15) is 0 Å². The van der Waals surface area contributed by atoms with E-state index in [9.17, 15) is 0 Å². The van der Waals surface area contributed by atoms with Gasteiger partial charge in [0.05, 0.1) is 11.4 Å². The summed E-state index contributed by atoms with van der Waals surface area (Å²) in [5, 5.41) is 5.63. The fourth-order valence-corrected chi connectivity index (χ4v) is 2.92. The second-order valence-corrected chi connectivity index (χ2v) is 6.58. The molecule has 0 fully saturated rings. The van der Waals surface area contributed by atoms with Crippen molar-refractivity contribution >= 4 is 16.3 Å². The molecule has 2 heterocycles. The molecule has 0 bridgehead atoms. The van der Waals surface area contributed by atoms with Gasteiger partial charge in [0.15, 0.2) is 4.96 Å². The van der Waals surface area contributed by atoms with Crippen LogP contribution in [0.2, 0.25) is 0 Å². The van der Waals surface area contributed by atoms with Crippen LogP contribution >= 0.6 is 11.3 Å². The Hall–Kier alpha value is -0.910. The van der Waals surface area contributed by atoms with Crippen molar-refractivity contribution in [2.24, 2.45) is 5.41 Å². The molecular formula is C14H23N3OS. The number of rotatable bonds is 7. The van der Waals surface area contributed by atoms with Gasteiger partial charge < -0.3 is 10.1 Å². The number of imidazole rings is 1. The van der Waals surface area contributed by atoms with Crippen LogP contribution in [0.5, 0.6) is 0 Å². The molecule has 4 nitrogen and oxygen atoms in total. The molecular weight excluding hydrogens is 258 g/mol. The molecule has 2 aromatic rings. The van der Waals surface area contributed by atoms with Crippen LogP contribution in [0, 0.1) is 12.3 Å². The molecule has 0 spiro atoms. The Balaban J connectivity index is 1.92.